The molecule has 1 N–H and O–H groups in total. The highest BCUT2D eigenvalue weighted by Gasteiger charge is 2.30. The van der Waals surface area contributed by atoms with Crippen LogP contribution in [0.5, 0.6) is 0 Å². The molecule has 0 aliphatic heterocycles. The van der Waals surface area contributed by atoms with Crippen LogP contribution in [0.3, 0.4) is 0 Å². The van der Waals surface area contributed by atoms with Crippen LogP contribution in [-0.4, -0.2) is 20.5 Å². The second-order valence-electron chi connectivity index (χ2n) is 4.46. The summed E-state index contributed by atoms with van der Waals surface area (Å²) in [6.45, 7) is 0. The van der Waals surface area contributed by atoms with Gasteiger partial charge in [-0.2, -0.15) is 18.3 Å². The van der Waals surface area contributed by atoms with E-state index in [1.807, 2.05) is 0 Å². The number of hydrogen-bond acceptors (Lipinski definition) is 3. The molecular weight excluding hydrogens is 297 g/mol. The third-order valence-electron chi connectivity index (χ3n) is 2.97. The Morgan fingerprint density at radius 1 is 1.14 bits per heavy atom. The quantitative estimate of drug-likeness (QED) is 0.792. The number of anilines is 1. The van der Waals surface area contributed by atoms with Gasteiger partial charge in [0, 0.05) is 18.0 Å². The molecule has 2 aromatic heterocycles. The molecule has 3 rings (SSSR count). The minimum atomic E-state index is -4.47. The van der Waals surface area contributed by atoms with Crippen molar-refractivity contribution >= 4 is 17.2 Å². The second kappa shape index (κ2) is 5.14. The molecule has 22 heavy (non-hydrogen) atoms. The highest BCUT2D eigenvalue weighted by Crippen LogP contribution is 2.30. The molecule has 1 amide bonds. The van der Waals surface area contributed by atoms with E-state index in [0.29, 0.717) is 5.65 Å². The van der Waals surface area contributed by atoms with Crippen molar-refractivity contribution in [1.82, 2.24) is 14.6 Å². The zero-order valence-electron chi connectivity index (χ0n) is 11.0. The summed E-state index contributed by atoms with van der Waals surface area (Å²) in [7, 11) is 0. The second-order valence-corrected chi connectivity index (χ2v) is 4.46. The number of halogens is 3. The van der Waals surface area contributed by atoms with Crippen LogP contribution in [0.1, 0.15) is 16.1 Å². The van der Waals surface area contributed by atoms with Gasteiger partial charge in [0.15, 0.2) is 5.65 Å². The van der Waals surface area contributed by atoms with Crippen LogP contribution in [0.15, 0.2) is 48.8 Å². The predicted molar refractivity (Wildman–Crippen MR) is 72.4 cm³/mol. The Bertz CT molecular complexity index is 841. The molecule has 5 nitrogen and oxygen atoms in total. The number of amides is 1. The Kier molecular flexibility index (Phi) is 3.28. The first-order valence-electron chi connectivity index (χ1n) is 6.22. The maximum absolute atomic E-state index is 12.7. The molecule has 0 saturated heterocycles. The summed E-state index contributed by atoms with van der Waals surface area (Å²) in [4.78, 5) is 16.2. The van der Waals surface area contributed by atoms with Crippen molar-refractivity contribution in [2.75, 3.05) is 5.32 Å². The van der Waals surface area contributed by atoms with E-state index in [1.54, 1.807) is 6.07 Å². The largest absolute Gasteiger partial charge is 0.416 e. The lowest BCUT2D eigenvalue weighted by atomic mass is 10.2. The van der Waals surface area contributed by atoms with Crippen molar-refractivity contribution in [2.45, 2.75) is 6.18 Å². The number of nitrogens with one attached hydrogen (secondary N) is 1. The fourth-order valence-corrected chi connectivity index (χ4v) is 1.97. The van der Waals surface area contributed by atoms with Crippen LogP contribution < -0.4 is 5.32 Å². The molecule has 0 bridgehead atoms. The Morgan fingerprint density at radius 3 is 2.73 bits per heavy atom. The zero-order valence-corrected chi connectivity index (χ0v) is 11.0. The van der Waals surface area contributed by atoms with Crippen LogP contribution in [0.2, 0.25) is 0 Å². The van der Waals surface area contributed by atoms with Crippen LogP contribution >= 0.6 is 0 Å². The Balaban J connectivity index is 1.90. The van der Waals surface area contributed by atoms with Crippen LogP contribution in [0.4, 0.5) is 18.9 Å². The highest BCUT2D eigenvalue weighted by atomic mass is 19.4. The first-order chi connectivity index (χ1) is 10.4. The molecule has 0 aliphatic carbocycles. The highest BCUT2D eigenvalue weighted by molar-refractivity contribution is 6.03. The number of aromatic nitrogens is 3. The molecule has 3 aromatic rings. The van der Waals surface area contributed by atoms with Gasteiger partial charge in [-0.3, -0.25) is 4.79 Å². The molecule has 0 unspecified atom stereocenters. The van der Waals surface area contributed by atoms with E-state index in [9.17, 15) is 18.0 Å². The first-order valence-corrected chi connectivity index (χ1v) is 6.22. The van der Waals surface area contributed by atoms with Gasteiger partial charge in [-0.05, 0) is 24.3 Å². The summed E-state index contributed by atoms with van der Waals surface area (Å²) in [5.41, 5.74) is -0.134. The lowest BCUT2D eigenvalue weighted by molar-refractivity contribution is -0.137. The molecule has 8 heteroatoms. The number of hydrogen-bond donors (Lipinski definition) is 1. The van der Waals surface area contributed by atoms with Gasteiger partial charge in [0.2, 0.25) is 0 Å². The van der Waals surface area contributed by atoms with Crippen molar-refractivity contribution in [1.29, 1.82) is 0 Å². The van der Waals surface area contributed by atoms with Crippen molar-refractivity contribution < 1.29 is 18.0 Å². The summed E-state index contributed by atoms with van der Waals surface area (Å²) in [6, 6.07) is 7.47. The van der Waals surface area contributed by atoms with E-state index >= 15 is 0 Å². The fraction of sp³-hybridized carbons (Fsp3) is 0.0714. The number of carbonyl (C=O) groups excluding carboxylic acids is 1. The topological polar surface area (TPSA) is 59.3 Å². The minimum Gasteiger partial charge on any atom is -0.321 e. The SMILES string of the molecule is O=C(Nc1cccc(C(F)(F)F)c1)c1ccnc2ccnn12. The first kappa shape index (κ1) is 14.1. The van der Waals surface area contributed by atoms with Crippen LogP contribution in [0, 0.1) is 0 Å². The molecular formula is C14H9F3N4O. The fourth-order valence-electron chi connectivity index (χ4n) is 1.97. The molecule has 112 valence electrons. The van der Waals surface area contributed by atoms with Crippen molar-refractivity contribution in [3.05, 3.63) is 60.0 Å². The maximum atomic E-state index is 12.7. The van der Waals surface area contributed by atoms with E-state index in [1.165, 1.54) is 35.1 Å². The van der Waals surface area contributed by atoms with Crippen molar-refractivity contribution in [3.63, 3.8) is 0 Å². The molecule has 0 fully saturated rings. The smallest absolute Gasteiger partial charge is 0.321 e. The van der Waals surface area contributed by atoms with E-state index in [2.05, 4.69) is 15.4 Å². The monoisotopic (exact) mass is 306 g/mol. The number of alkyl halides is 3. The number of fused-ring (bicyclic) bond motifs is 1. The van der Waals surface area contributed by atoms with Gasteiger partial charge in [-0.25, -0.2) is 9.50 Å². The summed E-state index contributed by atoms with van der Waals surface area (Å²) < 4.78 is 39.3. The van der Waals surface area contributed by atoms with E-state index in [4.69, 9.17) is 0 Å². The molecule has 1 aromatic carbocycles. The molecule has 2 heterocycles. The van der Waals surface area contributed by atoms with E-state index < -0.39 is 17.6 Å². The minimum absolute atomic E-state index is 0.0527. The third-order valence-corrected chi connectivity index (χ3v) is 2.97. The van der Waals surface area contributed by atoms with Gasteiger partial charge in [0.05, 0.1) is 11.8 Å². The maximum Gasteiger partial charge on any atom is 0.416 e. The Morgan fingerprint density at radius 2 is 1.95 bits per heavy atom. The number of nitrogens with zero attached hydrogens (tertiary/aromatic N) is 3. The molecule has 0 aliphatic rings. The molecule has 0 radical (unpaired) electrons. The normalized spacial score (nSPS) is 11.6. The summed E-state index contributed by atoms with van der Waals surface area (Å²) >= 11 is 0. The van der Waals surface area contributed by atoms with Gasteiger partial charge in [-0.1, -0.05) is 6.07 Å². The van der Waals surface area contributed by atoms with Crippen LogP contribution in [0.25, 0.3) is 5.65 Å². The zero-order chi connectivity index (χ0) is 15.7. The lowest BCUT2D eigenvalue weighted by Gasteiger charge is -2.10. The molecule has 0 saturated carbocycles. The Hall–Kier alpha value is -2.90. The van der Waals surface area contributed by atoms with Crippen molar-refractivity contribution in [3.8, 4) is 0 Å². The number of benzene rings is 1. The Labute approximate surface area is 122 Å². The molecule has 0 spiro atoms. The average molecular weight is 306 g/mol. The van der Waals surface area contributed by atoms with Gasteiger partial charge in [0.1, 0.15) is 5.69 Å². The van der Waals surface area contributed by atoms with Crippen LogP contribution in [-0.2, 0) is 6.18 Å². The molecule has 0 atom stereocenters. The number of rotatable bonds is 2. The standard InChI is InChI=1S/C14H9F3N4O/c15-14(16,17)9-2-1-3-10(8-9)20-13(22)11-4-6-18-12-5-7-19-21(11)12/h1-8H,(H,20,22). The van der Waals surface area contributed by atoms with Crippen molar-refractivity contribution in [2.24, 2.45) is 0 Å². The third kappa shape index (κ3) is 2.62. The van der Waals surface area contributed by atoms with Gasteiger partial charge >= 0.3 is 6.18 Å². The number of carbonyl (C=O) groups is 1. The van der Waals surface area contributed by atoms with Gasteiger partial charge in [-0.15, -0.1) is 0 Å². The van der Waals surface area contributed by atoms with E-state index in [0.717, 1.165) is 12.1 Å². The van der Waals surface area contributed by atoms with Gasteiger partial charge in [0.25, 0.3) is 5.91 Å². The summed E-state index contributed by atoms with van der Waals surface area (Å²) in [6.07, 6.45) is -1.56. The predicted octanol–water partition coefficient (Wildman–Crippen LogP) is 3.00. The van der Waals surface area contributed by atoms with Gasteiger partial charge < -0.3 is 5.32 Å². The lowest BCUT2D eigenvalue weighted by Crippen LogP contribution is -2.17. The summed E-state index contributed by atoms with van der Waals surface area (Å²) in [5, 5.41) is 6.38. The average Bonchev–Trinajstić information content (AvgIpc) is 2.94. The van der Waals surface area contributed by atoms with E-state index in [-0.39, 0.29) is 11.4 Å². The summed E-state index contributed by atoms with van der Waals surface area (Å²) in [5.74, 6) is -0.574.